The molecule has 0 aromatic carbocycles. The molecule has 5 heteroatoms. The van der Waals surface area contributed by atoms with Gasteiger partial charge in [-0.3, -0.25) is 4.79 Å². The second-order valence-corrected chi connectivity index (χ2v) is 15.2. The third-order valence-corrected chi connectivity index (χ3v) is 10.1. The van der Waals surface area contributed by atoms with Crippen molar-refractivity contribution in [1.82, 2.24) is 5.32 Å². The summed E-state index contributed by atoms with van der Waals surface area (Å²) in [6.45, 7) is 4.16. The Hall–Kier alpha value is -1.69. The summed E-state index contributed by atoms with van der Waals surface area (Å²) in [6, 6.07) is -0.826. The lowest BCUT2D eigenvalue weighted by molar-refractivity contribution is -0.131. The first-order valence-electron chi connectivity index (χ1n) is 22.5. The molecule has 0 bridgehead atoms. The van der Waals surface area contributed by atoms with E-state index in [4.69, 9.17) is 0 Å². The predicted molar refractivity (Wildman–Crippen MR) is 227 cm³/mol. The molecule has 0 aliphatic heterocycles. The lowest BCUT2D eigenvalue weighted by Crippen LogP contribution is -2.48. The highest BCUT2D eigenvalue weighted by molar-refractivity contribution is 5.80. The Balaban J connectivity index is 3.76. The number of unbranched alkanes of at least 4 members (excludes halogenated alkanes) is 26. The van der Waals surface area contributed by atoms with Gasteiger partial charge in [0.15, 0.2) is 0 Å². The molecule has 3 unspecified atom stereocenters. The van der Waals surface area contributed by atoms with Crippen molar-refractivity contribution in [3.63, 3.8) is 0 Å². The van der Waals surface area contributed by atoms with Crippen molar-refractivity contribution in [2.45, 2.75) is 238 Å². The normalized spacial score (nSPS) is 14.0. The molecule has 0 aliphatic carbocycles. The summed E-state index contributed by atoms with van der Waals surface area (Å²) in [4.78, 5) is 12.4. The summed E-state index contributed by atoms with van der Waals surface area (Å²) in [5.74, 6) is -0.527. The van der Waals surface area contributed by atoms with Gasteiger partial charge in [0.2, 0.25) is 5.91 Å². The Morgan fingerprint density at radius 1 is 0.462 bits per heavy atom. The number of carbonyl (C=O) groups excluding carboxylic acids is 1. The van der Waals surface area contributed by atoms with Crippen molar-refractivity contribution in [1.29, 1.82) is 0 Å². The summed E-state index contributed by atoms with van der Waals surface area (Å²) in [7, 11) is 0. The lowest BCUT2D eigenvalue weighted by atomic mass is 10.0. The van der Waals surface area contributed by atoms with Crippen LogP contribution in [-0.2, 0) is 4.79 Å². The van der Waals surface area contributed by atoms with E-state index in [1.807, 2.05) is 6.08 Å². The number of aliphatic hydroxyl groups excluding tert-OH is 3. The number of carbonyl (C=O) groups is 1. The van der Waals surface area contributed by atoms with Crippen LogP contribution in [0.15, 0.2) is 48.6 Å². The smallest absolute Gasteiger partial charge is 0.249 e. The fourth-order valence-electron chi connectivity index (χ4n) is 6.56. The SMILES string of the molecule is CCCCCCCCC/C=C\CCCCCCC(O)C(=O)NC(CO)C(O)/C=C/CC/C=C/CC/C=C/CCCCCCCCCCCCCCC. The molecule has 0 aromatic rings. The average Bonchev–Trinajstić information content (AvgIpc) is 3.15. The summed E-state index contributed by atoms with van der Waals surface area (Å²) in [5.41, 5.74) is 0. The van der Waals surface area contributed by atoms with Crippen LogP contribution in [0.2, 0.25) is 0 Å². The summed E-state index contributed by atoms with van der Waals surface area (Å²) >= 11 is 0. The molecule has 0 saturated carbocycles. The van der Waals surface area contributed by atoms with Gasteiger partial charge in [-0.1, -0.05) is 197 Å². The average molecular weight is 730 g/mol. The van der Waals surface area contributed by atoms with Crippen molar-refractivity contribution in [2.24, 2.45) is 0 Å². The first-order valence-corrected chi connectivity index (χ1v) is 22.5. The maximum Gasteiger partial charge on any atom is 0.249 e. The highest BCUT2D eigenvalue weighted by Crippen LogP contribution is 2.14. The van der Waals surface area contributed by atoms with Crippen molar-refractivity contribution in [3.05, 3.63) is 48.6 Å². The number of hydrogen-bond donors (Lipinski definition) is 4. The van der Waals surface area contributed by atoms with Crippen LogP contribution >= 0.6 is 0 Å². The maximum absolute atomic E-state index is 12.4. The fourth-order valence-corrected chi connectivity index (χ4v) is 6.56. The molecule has 0 aromatic heterocycles. The van der Waals surface area contributed by atoms with Crippen LogP contribution < -0.4 is 5.32 Å². The van der Waals surface area contributed by atoms with Crippen molar-refractivity contribution >= 4 is 5.91 Å². The van der Waals surface area contributed by atoms with E-state index < -0.39 is 24.2 Å². The molecule has 1 amide bonds. The third kappa shape index (κ3) is 36.7. The number of hydrogen-bond acceptors (Lipinski definition) is 4. The molecule has 0 radical (unpaired) electrons. The largest absolute Gasteiger partial charge is 0.394 e. The summed E-state index contributed by atoms with van der Waals surface area (Å²) in [6.07, 6.45) is 54.3. The van der Waals surface area contributed by atoms with Gasteiger partial charge in [0.25, 0.3) is 0 Å². The topological polar surface area (TPSA) is 89.8 Å². The maximum atomic E-state index is 12.4. The zero-order valence-electron chi connectivity index (χ0n) is 34.4. The van der Waals surface area contributed by atoms with E-state index in [0.29, 0.717) is 6.42 Å². The van der Waals surface area contributed by atoms with E-state index in [-0.39, 0.29) is 6.61 Å². The summed E-state index contributed by atoms with van der Waals surface area (Å²) < 4.78 is 0. The molecule has 0 spiro atoms. The van der Waals surface area contributed by atoms with Gasteiger partial charge in [-0.2, -0.15) is 0 Å². The Kier molecular flexibility index (Phi) is 40.7. The van der Waals surface area contributed by atoms with E-state index in [1.54, 1.807) is 6.08 Å². The lowest BCUT2D eigenvalue weighted by Gasteiger charge is -2.21. The Morgan fingerprint density at radius 2 is 0.788 bits per heavy atom. The van der Waals surface area contributed by atoms with Crippen LogP contribution in [0.3, 0.4) is 0 Å². The van der Waals surface area contributed by atoms with E-state index >= 15 is 0 Å². The molecule has 5 nitrogen and oxygen atoms in total. The van der Waals surface area contributed by atoms with Crippen LogP contribution in [0.4, 0.5) is 0 Å². The van der Waals surface area contributed by atoms with E-state index in [9.17, 15) is 20.1 Å². The number of amides is 1. The summed E-state index contributed by atoms with van der Waals surface area (Å²) in [5, 5.41) is 33.1. The van der Waals surface area contributed by atoms with Gasteiger partial charge in [-0.05, 0) is 70.6 Å². The molecule has 0 rings (SSSR count). The van der Waals surface area contributed by atoms with E-state index in [1.165, 1.54) is 141 Å². The van der Waals surface area contributed by atoms with Crippen LogP contribution in [0, 0.1) is 0 Å². The molecule has 0 heterocycles. The monoisotopic (exact) mass is 730 g/mol. The van der Waals surface area contributed by atoms with Gasteiger partial charge in [-0.25, -0.2) is 0 Å². The van der Waals surface area contributed by atoms with Gasteiger partial charge in [0.1, 0.15) is 6.10 Å². The number of rotatable bonds is 40. The van der Waals surface area contributed by atoms with E-state index in [2.05, 4.69) is 55.6 Å². The fraction of sp³-hybridized carbons (Fsp3) is 0.809. The van der Waals surface area contributed by atoms with Crippen molar-refractivity contribution < 1.29 is 20.1 Å². The second-order valence-electron chi connectivity index (χ2n) is 15.2. The molecule has 0 aliphatic rings. The van der Waals surface area contributed by atoms with Gasteiger partial charge in [0, 0.05) is 0 Å². The van der Waals surface area contributed by atoms with Crippen LogP contribution in [0.5, 0.6) is 0 Å². The van der Waals surface area contributed by atoms with Crippen molar-refractivity contribution in [2.75, 3.05) is 6.61 Å². The molecule has 0 saturated heterocycles. The van der Waals surface area contributed by atoms with Crippen LogP contribution in [-0.4, -0.2) is 46.1 Å². The Labute approximate surface area is 323 Å². The molecule has 52 heavy (non-hydrogen) atoms. The third-order valence-electron chi connectivity index (χ3n) is 10.1. The number of aliphatic hydroxyl groups is 3. The molecule has 4 N–H and O–H groups in total. The first-order chi connectivity index (χ1) is 25.6. The quantitative estimate of drug-likeness (QED) is 0.0373. The van der Waals surface area contributed by atoms with Crippen LogP contribution in [0.25, 0.3) is 0 Å². The number of allylic oxidation sites excluding steroid dienone is 7. The zero-order chi connectivity index (χ0) is 38.0. The zero-order valence-corrected chi connectivity index (χ0v) is 34.4. The standard InChI is InChI=1S/C47H87NO4/c1-3-5-7-9-11-13-15-17-19-20-21-22-23-24-25-26-28-29-31-33-35-37-39-41-45(50)44(43-49)48-47(52)46(51)42-40-38-36-34-32-30-27-18-16-14-12-10-8-6-4-2/h25-27,30-31,33,39,41,44-46,49-51H,3-24,28-29,32,34-38,40,42-43H2,1-2H3,(H,48,52)/b26-25+,30-27-,33-31+,41-39+. The van der Waals surface area contributed by atoms with E-state index in [0.717, 1.165) is 57.8 Å². The molecular formula is C47H87NO4. The van der Waals surface area contributed by atoms with Gasteiger partial charge in [0.05, 0.1) is 18.8 Å². The highest BCUT2D eigenvalue weighted by Gasteiger charge is 2.22. The van der Waals surface area contributed by atoms with Gasteiger partial charge >= 0.3 is 0 Å². The number of nitrogens with one attached hydrogen (secondary N) is 1. The molecule has 0 fully saturated rings. The predicted octanol–water partition coefficient (Wildman–Crippen LogP) is 12.9. The van der Waals surface area contributed by atoms with Gasteiger partial charge < -0.3 is 20.6 Å². The molecule has 3 atom stereocenters. The molecular weight excluding hydrogens is 643 g/mol. The minimum Gasteiger partial charge on any atom is -0.394 e. The second kappa shape index (κ2) is 42.1. The minimum atomic E-state index is -1.12. The van der Waals surface area contributed by atoms with Crippen LogP contribution in [0.1, 0.15) is 219 Å². The van der Waals surface area contributed by atoms with Gasteiger partial charge in [-0.15, -0.1) is 0 Å². The Morgan fingerprint density at radius 3 is 1.17 bits per heavy atom. The van der Waals surface area contributed by atoms with Crippen molar-refractivity contribution in [3.8, 4) is 0 Å². The minimum absolute atomic E-state index is 0.386. The first kappa shape index (κ1) is 50.3. The Bertz CT molecular complexity index is 850. The highest BCUT2D eigenvalue weighted by atomic mass is 16.3. The molecule has 304 valence electrons.